The number of rotatable bonds is 11. The minimum absolute atomic E-state index is 0.174. The molecule has 1 unspecified atom stereocenters. The van der Waals surface area contributed by atoms with E-state index >= 15 is 0 Å². The van der Waals surface area contributed by atoms with Crippen LogP contribution in [0.1, 0.15) is 78.6 Å². The number of hydrogen-bond acceptors (Lipinski definition) is 4. The molecule has 1 saturated carbocycles. The third kappa shape index (κ3) is 6.86. The fourth-order valence-electron chi connectivity index (χ4n) is 4.78. The van der Waals surface area contributed by atoms with Gasteiger partial charge in [0, 0.05) is 0 Å². The predicted octanol–water partition coefficient (Wildman–Crippen LogP) is 5.71. The van der Waals surface area contributed by atoms with E-state index in [0.29, 0.717) is 36.7 Å². The largest absolute Gasteiger partial charge is 0.375 e. The van der Waals surface area contributed by atoms with Crippen LogP contribution in [0.25, 0.3) is 0 Å². The Morgan fingerprint density at radius 3 is 2.85 bits per heavy atom. The van der Waals surface area contributed by atoms with Gasteiger partial charge in [-0.1, -0.05) is 45.8 Å². The molecule has 7 atom stereocenters. The van der Waals surface area contributed by atoms with Gasteiger partial charge < -0.3 is 9.62 Å². The van der Waals surface area contributed by atoms with Crippen molar-refractivity contribution in [2.24, 2.45) is 23.7 Å². The molecule has 0 radical (unpaired) electrons. The first-order valence-corrected chi connectivity index (χ1v) is 10.7. The van der Waals surface area contributed by atoms with Gasteiger partial charge in [-0.15, -0.1) is 0 Å². The Morgan fingerprint density at radius 1 is 1.37 bits per heavy atom. The SMILES string of the molecule is CCCC[C@@H](F)CC=C[C@H]1[C@H]2C[C@@H](CCC(C)CC(=O)OO)O[C@H]2C[C@H]1C. The summed E-state index contributed by atoms with van der Waals surface area (Å²) in [7, 11) is 0. The number of unbranched alkanes of at least 4 members (excludes halogenated alkanes) is 1. The monoisotopic (exact) mass is 384 g/mol. The minimum atomic E-state index is -0.714. The third-order valence-electron chi connectivity index (χ3n) is 6.35. The van der Waals surface area contributed by atoms with E-state index in [4.69, 9.17) is 9.99 Å². The fourth-order valence-corrected chi connectivity index (χ4v) is 4.78. The van der Waals surface area contributed by atoms with Gasteiger partial charge in [0.05, 0.1) is 18.6 Å². The first-order chi connectivity index (χ1) is 12.9. The van der Waals surface area contributed by atoms with Crippen LogP contribution < -0.4 is 0 Å². The lowest BCUT2D eigenvalue weighted by molar-refractivity contribution is -0.235. The summed E-state index contributed by atoms with van der Waals surface area (Å²) in [5, 5.41) is 8.37. The number of allylic oxidation sites excluding steroid dienone is 2. The van der Waals surface area contributed by atoms with Gasteiger partial charge in [-0.25, -0.2) is 9.18 Å². The molecule has 1 aliphatic carbocycles. The molecule has 4 nitrogen and oxygen atoms in total. The van der Waals surface area contributed by atoms with Crippen LogP contribution in [-0.2, 0) is 14.4 Å². The van der Waals surface area contributed by atoms with Gasteiger partial charge >= 0.3 is 5.97 Å². The van der Waals surface area contributed by atoms with Crippen molar-refractivity contribution in [1.29, 1.82) is 0 Å². The average molecular weight is 385 g/mol. The second-order valence-electron chi connectivity index (χ2n) is 8.74. The van der Waals surface area contributed by atoms with Gasteiger partial charge in [0.1, 0.15) is 6.17 Å². The standard InChI is InChI=1S/C22H37FO4/c1-4-5-7-17(23)8-6-9-19-16(3)13-21-20(19)14-18(26-21)11-10-15(2)12-22(24)27-25/h6,9,15-21,25H,4-5,7-8,10-14H2,1-3H3/t15?,16-,17-,18-,19-,20-,21+/m1/s1. The number of alkyl halides is 1. The third-order valence-corrected chi connectivity index (χ3v) is 6.35. The molecule has 2 rings (SSSR count). The maximum absolute atomic E-state index is 13.9. The highest BCUT2D eigenvalue weighted by Crippen LogP contribution is 2.48. The molecule has 0 aromatic heterocycles. The van der Waals surface area contributed by atoms with Gasteiger partial charge in [0.25, 0.3) is 0 Å². The summed E-state index contributed by atoms with van der Waals surface area (Å²) >= 11 is 0. The summed E-state index contributed by atoms with van der Waals surface area (Å²) < 4.78 is 20.1. The van der Waals surface area contributed by atoms with E-state index in [9.17, 15) is 9.18 Å². The van der Waals surface area contributed by atoms with Crippen molar-refractivity contribution < 1.29 is 24.1 Å². The fraction of sp³-hybridized carbons (Fsp3) is 0.864. The van der Waals surface area contributed by atoms with E-state index < -0.39 is 12.1 Å². The van der Waals surface area contributed by atoms with Crippen LogP contribution in [-0.4, -0.2) is 29.6 Å². The number of ether oxygens (including phenoxy) is 1. The molecule has 27 heavy (non-hydrogen) atoms. The van der Waals surface area contributed by atoms with Crippen molar-refractivity contribution in [1.82, 2.24) is 0 Å². The highest BCUT2D eigenvalue weighted by molar-refractivity contribution is 5.68. The predicted molar refractivity (Wildman–Crippen MR) is 104 cm³/mol. The van der Waals surface area contributed by atoms with Crippen LogP contribution in [0, 0.1) is 23.7 Å². The molecule has 0 amide bonds. The van der Waals surface area contributed by atoms with Crippen molar-refractivity contribution >= 4 is 5.97 Å². The lowest BCUT2D eigenvalue weighted by Gasteiger charge is -2.19. The molecule has 0 aromatic rings. The first kappa shape index (κ1) is 22.4. The maximum Gasteiger partial charge on any atom is 0.342 e. The Bertz CT molecular complexity index is 481. The Morgan fingerprint density at radius 2 is 2.15 bits per heavy atom. The quantitative estimate of drug-likeness (QED) is 0.281. The van der Waals surface area contributed by atoms with E-state index in [2.05, 4.69) is 30.9 Å². The zero-order chi connectivity index (χ0) is 19.8. The summed E-state index contributed by atoms with van der Waals surface area (Å²) in [6.07, 6.45) is 11.5. The van der Waals surface area contributed by atoms with Crippen molar-refractivity contribution in [3.63, 3.8) is 0 Å². The van der Waals surface area contributed by atoms with E-state index in [1.807, 2.05) is 6.92 Å². The summed E-state index contributed by atoms with van der Waals surface area (Å²) in [6, 6.07) is 0. The van der Waals surface area contributed by atoms with Gasteiger partial charge in [-0.3, -0.25) is 0 Å². The zero-order valence-electron chi connectivity index (χ0n) is 17.1. The second-order valence-corrected chi connectivity index (χ2v) is 8.74. The molecule has 2 aliphatic rings. The topological polar surface area (TPSA) is 55.8 Å². The Hall–Kier alpha value is -0.940. The zero-order valence-corrected chi connectivity index (χ0v) is 17.1. The molecule has 0 aromatic carbocycles. The molecule has 5 heteroatoms. The number of hydrogen-bond donors (Lipinski definition) is 1. The Balaban J connectivity index is 1.76. The first-order valence-electron chi connectivity index (χ1n) is 10.7. The number of carbonyl (C=O) groups is 1. The van der Waals surface area contributed by atoms with Crippen LogP contribution in [0.3, 0.4) is 0 Å². The van der Waals surface area contributed by atoms with Gasteiger partial charge in [-0.05, 0) is 62.2 Å². The number of halogens is 1. The maximum atomic E-state index is 13.9. The van der Waals surface area contributed by atoms with Gasteiger partial charge in [-0.2, -0.15) is 5.26 Å². The minimum Gasteiger partial charge on any atom is -0.375 e. The van der Waals surface area contributed by atoms with Crippen molar-refractivity contribution in [2.45, 2.75) is 96.9 Å². The van der Waals surface area contributed by atoms with Gasteiger partial charge in [0.2, 0.25) is 0 Å². The smallest absolute Gasteiger partial charge is 0.342 e. The Kier molecular flexibility index (Phi) is 9.24. The second kappa shape index (κ2) is 11.2. The Labute approximate surface area is 163 Å². The van der Waals surface area contributed by atoms with Crippen LogP contribution in [0.15, 0.2) is 12.2 Å². The van der Waals surface area contributed by atoms with Crippen LogP contribution in [0.4, 0.5) is 4.39 Å². The number of fused-ring (bicyclic) bond motifs is 1. The van der Waals surface area contributed by atoms with E-state index in [1.165, 1.54) is 0 Å². The van der Waals surface area contributed by atoms with E-state index in [1.54, 1.807) is 0 Å². The molecule has 2 fully saturated rings. The molecule has 0 bridgehead atoms. The van der Waals surface area contributed by atoms with Crippen LogP contribution >= 0.6 is 0 Å². The van der Waals surface area contributed by atoms with Crippen LogP contribution in [0.2, 0.25) is 0 Å². The molecular weight excluding hydrogens is 347 g/mol. The summed E-state index contributed by atoms with van der Waals surface area (Å²) in [5.41, 5.74) is 0. The average Bonchev–Trinajstić information content (AvgIpc) is 3.15. The molecular formula is C22H37FO4. The van der Waals surface area contributed by atoms with Crippen molar-refractivity contribution in [2.75, 3.05) is 0 Å². The van der Waals surface area contributed by atoms with Crippen molar-refractivity contribution in [3.05, 3.63) is 12.2 Å². The normalized spacial score (nSPS) is 32.6. The molecule has 1 heterocycles. The summed E-state index contributed by atoms with van der Waals surface area (Å²) in [4.78, 5) is 14.9. The van der Waals surface area contributed by atoms with E-state index in [-0.39, 0.29) is 18.4 Å². The highest BCUT2D eigenvalue weighted by atomic mass is 19.1. The molecule has 1 N–H and O–H groups in total. The lowest BCUT2D eigenvalue weighted by atomic mass is 9.85. The highest BCUT2D eigenvalue weighted by Gasteiger charge is 2.46. The summed E-state index contributed by atoms with van der Waals surface area (Å²) in [6.45, 7) is 6.36. The molecule has 1 aliphatic heterocycles. The molecule has 156 valence electrons. The molecule has 1 saturated heterocycles. The van der Waals surface area contributed by atoms with E-state index in [0.717, 1.165) is 38.5 Å². The van der Waals surface area contributed by atoms with Crippen LogP contribution in [0.5, 0.6) is 0 Å². The molecule has 0 spiro atoms. The lowest BCUT2D eigenvalue weighted by Crippen LogP contribution is -2.15. The van der Waals surface area contributed by atoms with Crippen molar-refractivity contribution in [3.8, 4) is 0 Å². The van der Waals surface area contributed by atoms with Gasteiger partial charge in [0.15, 0.2) is 0 Å². The summed E-state index contributed by atoms with van der Waals surface area (Å²) in [5.74, 6) is 1.21. The number of carbonyl (C=O) groups excluding carboxylic acids is 1.